The van der Waals surface area contributed by atoms with Crippen molar-refractivity contribution in [1.29, 1.82) is 0 Å². The average molecular weight is 161 g/mol. The van der Waals surface area contributed by atoms with Crippen molar-refractivity contribution in [2.45, 2.75) is 18.8 Å². The molecular weight excluding hydrogens is 148 g/mol. The molecule has 1 nitrogen and oxygen atoms in total. The highest BCUT2D eigenvalue weighted by atomic mass is 19.3. The maximum atomic E-state index is 13.0. The SMILES string of the molecule is CN1CC2CCC(F)(F)[C@H]2C1. The Morgan fingerprint density at radius 1 is 1.36 bits per heavy atom. The molecule has 1 unspecified atom stereocenters. The van der Waals surface area contributed by atoms with E-state index in [9.17, 15) is 8.78 Å². The molecule has 3 heteroatoms. The largest absolute Gasteiger partial charge is 0.306 e. The lowest BCUT2D eigenvalue weighted by Gasteiger charge is -2.17. The van der Waals surface area contributed by atoms with Crippen molar-refractivity contribution in [2.24, 2.45) is 11.8 Å². The van der Waals surface area contributed by atoms with Crippen molar-refractivity contribution in [3.05, 3.63) is 0 Å². The number of nitrogens with zero attached hydrogens (tertiary/aromatic N) is 1. The van der Waals surface area contributed by atoms with Crippen molar-refractivity contribution in [3.8, 4) is 0 Å². The van der Waals surface area contributed by atoms with Crippen LogP contribution in [0.2, 0.25) is 0 Å². The summed E-state index contributed by atoms with van der Waals surface area (Å²) in [6.07, 6.45) is 0.845. The van der Waals surface area contributed by atoms with Gasteiger partial charge >= 0.3 is 0 Å². The van der Waals surface area contributed by atoms with Crippen molar-refractivity contribution in [2.75, 3.05) is 20.1 Å². The highest BCUT2D eigenvalue weighted by molar-refractivity contribution is 4.97. The zero-order valence-electron chi connectivity index (χ0n) is 6.69. The highest BCUT2D eigenvalue weighted by Crippen LogP contribution is 2.47. The van der Waals surface area contributed by atoms with Crippen LogP contribution in [0.5, 0.6) is 0 Å². The van der Waals surface area contributed by atoms with Crippen LogP contribution in [0.1, 0.15) is 12.8 Å². The summed E-state index contributed by atoms with van der Waals surface area (Å²) >= 11 is 0. The Labute approximate surface area is 65.4 Å². The molecule has 1 heterocycles. The fraction of sp³-hybridized carbons (Fsp3) is 1.00. The number of fused-ring (bicyclic) bond motifs is 1. The van der Waals surface area contributed by atoms with E-state index in [1.54, 1.807) is 0 Å². The van der Waals surface area contributed by atoms with E-state index >= 15 is 0 Å². The Morgan fingerprint density at radius 2 is 2.09 bits per heavy atom. The molecule has 64 valence electrons. The molecule has 2 rings (SSSR count). The minimum absolute atomic E-state index is 0.121. The molecule has 1 aliphatic carbocycles. The lowest BCUT2D eigenvalue weighted by Crippen LogP contribution is -2.27. The fourth-order valence-corrected chi connectivity index (χ4v) is 2.42. The molecule has 0 N–H and O–H groups in total. The quantitative estimate of drug-likeness (QED) is 0.521. The third-order valence-electron chi connectivity index (χ3n) is 3.01. The second kappa shape index (κ2) is 2.16. The summed E-state index contributed by atoms with van der Waals surface area (Å²) < 4.78 is 26.1. The predicted octanol–water partition coefficient (Wildman–Crippen LogP) is 1.59. The smallest absolute Gasteiger partial charge is 0.252 e. The molecule has 2 atom stereocenters. The van der Waals surface area contributed by atoms with Crippen LogP contribution in [-0.2, 0) is 0 Å². The van der Waals surface area contributed by atoms with Gasteiger partial charge in [-0.25, -0.2) is 8.78 Å². The molecule has 1 aliphatic heterocycles. The van der Waals surface area contributed by atoms with Crippen LogP contribution in [0.3, 0.4) is 0 Å². The van der Waals surface area contributed by atoms with Gasteiger partial charge in [0.15, 0.2) is 0 Å². The molecule has 0 bridgehead atoms. The normalized spacial score (nSPS) is 42.8. The summed E-state index contributed by atoms with van der Waals surface area (Å²) in [5.41, 5.74) is 0. The van der Waals surface area contributed by atoms with E-state index < -0.39 is 5.92 Å². The Hall–Kier alpha value is -0.180. The zero-order chi connectivity index (χ0) is 8.06. The summed E-state index contributed by atoms with van der Waals surface area (Å²) in [6, 6.07) is 0. The molecule has 0 aromatic carbocycles. The van der Waals surface area contributed by atoms with E-state index in [4.69, 9.17) is 0 Å². The monoisotopic (exact) mass is 161 g/mol. The standard InChI is InChI=1S/C8H13F2N/c1-11-4-6-2-3-8(9,10)7(6)5-11/h6-7H,2-5H2,1H3/t6?,7-/m0/s1. The van der Waals surface area contributed by atoms with Crippen molar-refractivity contribution in [1.82, 2.24) is 4.90 Å². The molecule has 1 saturated carbocycles. The molecule has 11 heavy (non-hydrogen) atoms. The molecule has 2 aliphatic rings. The first-order valence-electron chi connectivity index (χ1n) is 4.16. The highest BCUT2D eigenvalue weighted by Gasteiger charge is 2.52. The van der Waals surface area contributed by atoms with E-state index in [1.165, 1.54) is 0 Å². The number of hydrogen-bond acceptors (Lipinski definition) is 1. The van der Waals surface area contributed by atoms with Crippen LogP contribution in [0.15, 0.2) is 0 Å². The Balaban J connectivity index is 2.13. The van der Waals surface area contributed by atoms with Gasteiger partial charge < -0.3 is 4.90 Å². The molecule has 1 saturated heterocycles. The van der Waals surface area contributed by atoms with E-state index in [0.29, 0.717) is 6.54 Å². The number of alkyl halides is 2. The van der Waals surface area contributed by atoms with Crippen molar-refractivity contribution < 1.29 is 8.78 Å². The minimum atomic E-state index is -2.37. The third kappa shape index (κ3) is 1.06. The van der Waals surface area contributed by atoms with E-state index in [-0.39, 0.29) is 18.3 Å². The van der Waals surface area contributed by atoms with Crippen LogP contribution in [0, 0.1) is 11.8 Å². The first-order valence-corrected chi connectivity index (χ1v) is 4.16. The molecule has 2 fully saturated rings. The van der Waals surface area contributed by atoms with Crippen LogP contribution in [0.4, 0.5) is 8.78 Å². The Morgan fingerprint density at radius 3 is 2.73 bits per heavy atom. The number of halogens is 2. The molecule has 0 aromatic rings. The van der Waals surface area contributed by atoms with Crippen LogP contribution >= 0.6 is 0 Å². The van der Waals surface area contributed by atoms with Crippen LogP contribution in [0.25, 0.3) is 0 Å². The lowest BCUT2D eigenvalue weighted by atomic mass is 9.99. The number of hydrogen-bond donors (Lipinski definition) is 0. The van der Waals surface area contributed by atoms with Gasteiger partial charge in [0.05, 0.1) is 0 Å². The molecule has 0 aromatic heterocycles. The van der Waals surface area contributed by atoms with Crippen LogP contribution in [-0.4, -0.2) is 31.0 Å². The molecule has 0 amide bonds. The van der Waals surface area contributed by atoms with Crippen LogP contribution < -0.4 is 0 Å². The van der Waals surface area contributed by atoms with Crippen molar-refractivity contribution >= 4 is 0 Å². The maximum absolute atomic E-state index is 13.0. The molecular formula is C8H13F2N. The van der Waals surface area contributed by atoms with Gasteiger partial charge in [0.1, 0.15) is 0 Å². The summed E-state index contributed by atoms with van der Waals surface area (Å²) in [5.74, 6) is -2.43. The topological polar surface area (TPSA) is 3.24 Å². The minimum Gasteiger partial charge on any atom is -0.306 e. The lowest BCUT2D eigenvalue weighted by molar-refractivity contribution is -0.0390. The van der Waals surface area contributed by atoms with Gasteiger partial charge in [0.25, 0.3) is 5.92 Å². The first-order chi connectivity index (χ1) is 5.09. The second-order valence-electron chi connectivity index (χ2n) is 3.89. The average Bonchev–Trinajstić information content (AvgIpc) is 2.35. The van der Waals surface area contributed by atoms with Crippen molar-refractivity contribution in [3.63, 3.8) is 0 Å². The second-order valence-corrected chi connectivity index (χ2v) is 3.89. The van der Waals surface area contributed by atoms with Gasteiger partial charge in [-0.05, 0) is 19.4 Å². The van der Waals surface area contributed by atoms with Gasteiger partial charge in [0.2, 0.25) is 0 Å². The van der Waals surface area contributed by atoms with E-state index in [0.717, 1.165) is 13.0 Å². The number of rotatable bonds is 0. The zero-order valence-corrected chi connectivity index (χ0v) is 6.69. The summed E-state index contributed by atoms with van der Waals surface area (Å²) in [7, 11) is 1.92. The van der Waals surface area contributed by atoms with E-state index in [2.05, 4.69) is 0 Å². The first kappa shape index (κ1) is 7.47. The van der Waals surface area contributed by atoms with Gasteiger partial charge in [-0.1, -0.05) is 0 Å². The third-order valence-corrected chi connectivity index (χ3v) is 3.01. The Bertz CT molecular complexity index is 169. The van der Waals surface area contributed by atoms with E-state index in [1.807, 2.05) is 11.9 Å². The summed E-state index contributed by atoms with van der Waals surface area (Å²) in [4.78, 5) is 2.02. The fourth-order valence-electron chi connectivity index (χ4n) is 2.42. The Kier molecular flexibility index (Phi) is 1.46. The van der Waals surface area contributed by atoms with Gasteiger partial charge in [-0.3, -0.25) is 0 Å². The van der Waals surface area contributed by atoms with Gasteiger partial charge in [0, 0.05) is 25.4 Å². The maximum Gasteiger partial charge on any atom is 0.252 e. The molecule has 0 radical (unpaired) electrons. The molecule has 0 spiro atoms. The summed E-state index contributed by atoms with van der Waals surface area (Å²) in [5, 5.41) is 0. The number of likely N-dealkylation sites (tertiary alicyclic amines) is 1. The predicted molar refractivity (Wildman–Crippen MR) is 38.7 cm³/mol. The summed E-state index contributed by atoms with van der Waals surface area (Å²) in [6.45, 7) is 1.47. The van der Waals surface area contributed by atoms with Gasteiger partial charge in [-0.2, -0.15) is 0 Å². The van der Waals surface area contributed by atoms with Gasteiger partial charge in [-0.15, -0.1) is 0 Å².